The molecule has 1 saturated heterocycles. The number of benzene rings is 1. The van der Waals surface area contributed by atoms with E-state index >= 15 is 0 Å². The summed E-state index contributed by atoms with van der Waals surface area (Å²) in [5, 5.41) is 3.52. The molecule has 4 nitrogen and oxygen atoms in total. The molecule has 4 heteroatoms. The predicted molar refractivity (Wildman–Crippen MR) is 87.4 cm³/mol. The molecule has 2 aliphatic rings. The van der Waals surface area contributed by atoms with Gasteiger partial charge in [0.2, 0.25) is 0 Å². The van der Waals surface area contributed by atoms with Crippen molar-refractivity contribution in [3.8, 4) is 0 Å². The SMILES string of the molecule is CN1CCN=C1NCC1CCN(Cc2ccccc2)CC1. The summed E-state index contributed by atoms with van der Waals surface area (Å²) in [6, 6.07) is 10.8. The second-order valence-corrected chi connectivity index (χ2v) is 6.21. The average molecular weight is 286 g/mol. The Balaban J connectivity index is 1.39. The Morgan fingerprint density at radius 1 is 1.14 bits per heavy atom. The first-order chi connectivity index (χ1) is 10.3. The van der Waals surface area contributed by atoms with E-state index in [2.05, 4.69) is 57.5 Å². The van der Waals surface area contributed by atoms with E-state index in [4.69, 9.17) is 0 Å². The molecular formula is C17H26N4. The minimum Gasteiger partial charge on any atom is -0.356 e. The van der Waals surface area contributed by atoms with E-state index in [1.165, 1.54) is 31.5 Å². The topological polar surface area (TPSA) is 30.9 Å². The van der Waals surface area contributed by atoms with E-state index in [1.54, 1.807) is 0 Å². The van der Waals surface area contributed by atoms with Crippen LogP contribution in [0.15, 0.2) is 35.3 Å². The smallest absolute Gasteiger partial charge is 0.193 e. The Morgan fingerprint density at radius 3 is 2.57 bits per heavy atom. The van der Waals surface area contributed by atoms with Crippen molar-refractivity contribution in [2.75, 3.05) is 39.8 Å². The van der Waals surface area contributed by atoms with Gasteiger partial charge in [-0.15, -0.1) is 0 Å². The molecule has 0 radical (unpaired) electrons. The van der Waals surface area contributed by atoms with Gasteiger partial charge in [-0.05, 0) is 37.4 Å². The number of rotatable bonds is 4. The van der Waals surface area contributed by atoms with Crippen LogP contribution in [0.3, 0.4) is 0 Å². The van der Waals surface area contributed by atoms with E-state index in [0.717, 1.165) is 38.1 Å². The standard InChI is InChI=1S/C17H26N4/c1-20-12-9-18-17(20)19-13-15-7-10-21(11-8-15)14-16-5-3-2-4-6-16/h2-6,15H,7-14H2,1H3,(H,18,19). The summed E-state index contributed by atoms with van der Waals surface area (Å²) in [6.07, 6.45) is 2.58. The van der Waals surface area contributed by atoms with Crippen LogP contribution >= 0.6 is 0 Å². The Kier molecular flexibility index (Phi) is 4.76. The fraction of sp³-hybridized carbons (Fsp3) is 0.588. The molecule has 0 unspecified atom stereocenters. The minimum atomic E-state index is 0.786. The zero-order chi connectivity index (χ0) is 14.5. The van der Waals surface area contributed by atoms with Gasteiger partial charge in [0.1, 0.15) is 0 Å². The Hall–Kier alpha value is -1.55. The Labute approximate surface area is 127 Å². The lowest BCUT2D eigenvalue weighted by Gasteiger charge is -2.32. The number of hydrogen-bond donors (Lipinski definition) is 1. The van der Waals surface area contributed by atoms with Gasteiger partial charge >= 0.3 is 0 Å². The number of hydrogen-bond acceptors (Lipinski definition) is 4. The molecule has 1 aromatic rings. The van der Waals surface area contributed by atoms with Crippen LogP contribution < -0.4 is 5.32 Å². The van der Waals surface area contributed by atoms with E-state index in [1.807, 2.05) is 0 Å². The maximum Gasteiger partial charge on any atom is 0.193 e. The molecule has 2 heterocycles. The Morgan fingerprint density at radius 2 is 1.90 bits per heavy atom. The molecule has 1 fully saturated rings. The van der Waals surface area contributed by atoms with Gasteiger partial charge in [0.05, 0.1) is 6.54 Å². The highest BCUT2D eigenvalue weighted by atomic mass is 15.3. The molecule has 0 amide bonds. The molecule has 0 bridgehead atoms. The number of guanidine groups is 1. The molecule has 0 saturated carbocycles. The largest absolute Gasteiger partial charge is 0.356 e. The van der Waals surface area contributed by atoms with Crippen molar-refractivity contribution in [1.29, 1.82) is 0 Å². The van der Waals surface area contributed by atoms with Gasteiger partial charge in [0.15, 0.2) is 5.96 Å². The molecule has 0 aromatic heterocycles. The third-order valence-electron chi connectivity index (χ3n) is 4.56. The van der Waals surface area contributed by atoms with Gasteiger partial charge in [-0.3, -0.25) is 9.89 Å². The molecule has 2 aliphatic heterocycles. The molecule has 114 valence electrons. The third kappa shape index (κ3) is 3.97. The lowest BCUT2D eigenvalue weighted by atomic mass is 9.96. The van der Waals surface area contributed by atoms with Crippen molar-refractivity contribution in [2.24, 2.45) is 10.9 Å². The van der Waals surface area contributed by atoms with Gasteiger partial charge in [0.25, 0.3) is 0 Å². The number of piperidine rings is 1. The summed E-state index contributed by atoms with van der Waals surface area (Å²) in [5.74, 6) is 1.87. The molecule has 21 heavy (non-hydrogen) atoms. The van der Waals surface area contributed by atoms with Crippen LogP contribution in [-0.2, 0) is 6.54 Å². The van der Waals surface area contributed by atoms with E-state index < -0.39 is 0 Å². The number of likely N-dealkylation sites (N-methyl/N-ethyl adjacent to an activating group) is 1. The normalized spacial score (nSPS) is 20.6. The van der Waals surface area contributed by atoms with Crippen LogP contribution in [0.1, 0.15) is 18.4 Å². The summed E-state index contributed by atoms with van der Waals surface area (Å²) in [4.78, 5) is 9.28. The van der Waals surface area contributed by atoms with Gasteiger partial charge < -0.3 is 10.2 Å². The van der Waals surface area contributed by atoms with Crippen molar-refractivity contribution in [3.63, 3.8) is 0 Å². The first kappa shape index (κ1) is 14.4. The van der Waals surface area contributed by atoms with E-state index in [-0.39, 0.29) is 0 Å². The summed E-state index contributed by atoms with van der Waals surface area (Å²) in [5.41, 5.74) is 1.43. The minimum absolute atomic E-state index is 0.786. The van der Waals surface area contributed by atoms with Crippen molar-refractivity contribution in [2.45, 2.75) is 19.4 Å². The van der Waals surface area contributed by atoms with Crippen LogP contribution in [0.5, 0.6) is 0 Å². The van der Waals surface area contributed by atoms with Crippen LogP contribution in [0.2, 0.25) is 0 Å². The van der Waals surface area contributed by atoms with Crippen molar-refractivity contribution in [3.05, 3.63) is 35.9 Å². The highest BCUT2D eigenvalue weighted by molar-refractivity contribution is 5.81. The summed E-state index contributed by atoms with van der Waals surface area (Å²) >= 11 is 0. The van der Waals surface area contributed by atoms with Crippen LogP contribution in [0, 0.1) is 5.92 Å². The number of nitrogens with zero attached hydrogens (tertiary/aromatic N) is 3. The highest BCUT2D eigenvalue weighted by Gasteiger charge is 2.20. The predicted octanol–water partition coefficient (Wildman–Crippen LogP) is 1.79. The highest BCUT2D eigenvalue weighted by Crippen LogP contribution is 2.18. The summed E-state index contributed by atoms with van der Waals surface area (Å²) < 4.78 is 0. The first-order valence-corrected chi connectivity index (χ1v) is 8.07. The quantitative estimate of drug-likeness (QED) is 0.915. The zero-order valence-corrected chi connectivity index (χ0v) is 13.0. The molecular weight excluding hydrogens is 260 g/mol. The van der Waals surface area contributed by atoms with Crippen molar-refractivity contribution >= 4 is 5.96 Å². The summed E-state index contributed by atoms with van der Waals surface area (Å²) in [7, 11) is 2.11. The fourth-order valence-electron chi connectivity index (χ4n) is 3.15. The maximum atomic E-state index is 4.49. The maximum absolute atomic E-state index is 4.49. The molecule has 0 atom stereocenters. The first-order valence-electron chi connectivity index (χ1n) is 8.07. The zero-order valence-electron chi connectivity index (χ0n) is 13.0. The van der Waals surface area contributed by atoms with Gasteiger partial charge in [-0.1, -0.05) is 30.3 Å². The van der Waals surface area contributed by atoms with E-state index in [0.29, 0.717) is 0 Å². The molecule has 1 N–H and O–H groups in total. The number of likely N-dealkylation sites (tertiary alicyclic amines) is 1. The van der Waals surface area contributed by atoms with Crippen LogP contribution in [0.25, 0.3) is 0 Å². The average Bonchev–Trinajstić information content (AvgIpc) is 2.93. The van der Waals surface area contributed by atoms with Crippen LogP contribution in [0.4, 0.5) is 0 Å². The molecule has 0 spiro atoms. The van der Waals surface area contributed by atoms with Gasteiger partial charge in [0, 0.05) is 26.7 Å². The second-order valence-electron chi connectivity index (χ2n) is 6.21. The van der Waals surface area contributed by atoms with Gasteiger partial charge in [-0.2, -0.15) is 0 Å². The van der Waals surface area contributed by atoms with Crippen molar-refractivity contribution in [1.82, 2.24) is 15.1 Å². The van der Waals surface area contributed by atoms with Crippen LogP contribution in [-0.4, -0.2) is 55.5 Å². The van der Waals surface area contributed by atoms with Gasteiger partial charge in [-0.25, -0.2) is 0 Å². The lowest BCUT2D eigenvalue weighted by molar-refractivity contribution is 0.178. The Bertz CT molecular complexity index is 463. The second kappa shape index (κ2) is 6.94. The third-order valence-corrected chi connectivity index (χ3v) is 4.56. The number of aliphatic imine (C=N–C) groups is 1. The molecule has 0 aliphatic carbocycles. The molecule has 1 aromatic carbocycles. The number of nitrogens with one attached hydrogen (secondary N) is 1. The fourth-order valence-corrected chi connectivity index (χ4v) is 3.15. The molecule has 3 rings (SSSR count). The monoisotopic (exact) mass is 286 g/mol. The lowest BCUT2D eigenvalue weighted by Crippen LogP contribution is -2.41. The van der Waals surface area contributed by atoms with Crippen molar-refractivity contribution < 1.29 is 0 Å². The van der Waals surface area contributed by atoms with E-state index in [9.17, 15) is 0 Å². The summed E-state index contributed by atoms with van der Waals surface area (Å²) in [6.45, 7) is 6.58.